The van der Waals surface area contributed by atoms with Crippen molar-refractivity contribution in [1.29, 1.82) is 0 Å². The predicted molar refractivity (Wildman–Crippen MR) is 81.2 cm³/mol. The Hall–Kier alpha value is -0.920. The minimum absolute atomic E-state index is 0.314. The minimum atomic E-state index is -0.494. The molecule has 2 atom stereocenters. The second-order valence-corrected chi connectivity index (χ2v) is 5.80. The molecule has 0 amide bonds. The van der Waals surface area contributed by atoms with Gasteiger partial charge in [0.05, 0.1) is 19.0 Å². The Bertz CT molecular complexity index is 386. The third-order valence-electron chi connectivity index (χ3n) is 3.87. The lowest BCUT2D eigenvalue weighted by atomic mass is 10.2. The molecule has 2 heterocycles. The standard InChI is InChI=1S/C15H27N3O3/c1-17-5-6-18(2)13(10-17)8-16-9-14(19)11-20-12-15-4-3-7-21-15/h3-4,7,13-14,16,19H,5-6,8-12H2,1-2H3. The average Bonchev–Trinajstić information content (AvgIpc) is 2.96. The van der Waals surface area contributed by atoms with Gasteiger partial charge in [0.2, 0.25) is 0 Å². The summed E-state index contributed by atoms with van der Waals surface area (Å²) in [5.41, 5.74) is 0. The van der Waals surface area contributed by atoms with Gasteiger partial charge in [0.1, 0.15) is 12.4 Å². The third-order valence-corrected chi connectivity index (χ3v) is 3.87. The summed E-state index contributed by atoms with van der Waals surface area (Å²) in [4.78, 5) is 4.71. The molecule has 0 spiro atoms. The molecular weight excluding hydrogens is 270 g/mol. The number of ether oxygens (including phenoxy) is 1. The van der Waals surface area contributed by atoms with Gasteiger partial charge in [-0.2, -0.15) is 0 Å². The van der Waals surface area contributed by atoms with Gasteiger partial charge in [-0.25, -0.2) is 0 Å². The molecule has 1 aromatic heterocycles. The SMILES string of the molecule is CN1CCN(C)C(CNCC(O)COCc2ccco2)C1. The van der Waals surface area contributed by atoms with Gasteiger partial charge in [-0.05, 0) is 26.2 Å². The Morgan fingerprint density at radius 2 is 2.33 bits per heavy atom. The van der Waals surface area contributed by atoms with E-state index in [0.29, 0.717) is 25.8 Å². The molecule has 0 aliphatic carbocycles. The first kappa shape index (κ1) is 16.5. The molecule has 21 heavy (non-hydrogen) atoms. The first-order valence-electron chi connectivity index (χ1n) is 7.53. The van der Waals surface area contributed by atoms with E-state index in [1.165, 1.54) is 0 Å². The van der Waals surface area contributed by atoms with Crippen LogP contribution in [0, 0.1) is 0 Å². The zero-order valence-electron chi connectivity index (χ0n) is 13.0. The van der Waals surface area contributed by atoms with Gasteiger partial charge in [0.15, 0.2) is 0 Å². The summed E-state index contributed by atoms with van der Waals surface area (Å²) in [5.74, 6) is 0.780. The van der Waals surface area contributed by atoms with E-state index < -0.39 is 6.10 Å². The summed E-state index contributed by atoms with van der Waals surface area (Å²) in [6.07, 6.45) is 1.13. The van der Waals surface area contributed by atoms with Gasteiger partial charge in [-0.15, -0.1) is 0 Å². The van der Waals surface area contributed by atoms with Gasteiger partial charge < -0.3 is 24.5 Å². The van der Waals surface area contributed by atoms with E-state index >= 15 is 0 Å². The molecular formula is C15H27N3O3. The topological polar surface area (TPSA) is 61.1 Å². The van der Waals surface area contributed by atoms with Crippen LogP contribution < -0.4 is 5.32 Å². The molecule has 6 heteroatoms. The lowest BCUT2D eigenvalue weighted by molar-refractivity contribution is 0.0212. The number of aliphatic hydroxyl groups excluding tert-OH is 1. The van der Waals surface area contributed by atoms with Crippen molar-refractivity contribution in [3.8, 4) is 0 Å². The second kappa shape index (κ2) is 8.51. The van der Waals surface area contributed by atoms with Crippen LogP contribution >= 0.6 is 0 Å². The molecule has 1 aliphatic rings. The monoisotopic (exact) mass is 297 g/mol. The van der Waals surface area contributed by atoms with Crippen LogP contribution in [0.4, 0.5) is 0 Å². The summed E-state index contributed by atoms with van der Waals surface area (Å²) in [5, 5.41) is 13.2. The van der Waals surface area contributed by atoms with E-state index in [4.69, 9.17) is 9.15 Å². The Morgan fingerprint density at radius 1 is 1.48 bits per heavy atom. The van der Waals surface area contributed by atoms with Crippen LogP contribution in [-0.4, -0.2) is 80.5 Å². The highest BCUT2D eigenvalue weighted by molar-refractivity contribution is 4.96. The second-order valence-electron chi connectivity index (χ2n) is 5.80. The number of piperazine rings is 1. The Balaban J connectivity index is 1.55. The van der Waals surface area contributed by atoms with Crippen LogP contribution in [0.15, 0.2) is 22.8 Å². The number of nitrogens with zero attached hydrogens (tertiary/aromatic N) is 2. The Labute approximate surface area is 126 Å². The first-order chi connectivity index (χ1) is 10.1. The highest BCUT2D eigenvalue weighted by atomic mass is 16.5. The van der Waals surface area contributed by atoms with Crippen molar-refractivity contribution in [2.75, 3.05) is 53.4 Å². The fourth-order valence-electron chi connectivity index (χ4n) is 2.49. The van der Waals surface area contributed by atoms with Crippen LogP contribution in [0.25, 0.3) is 0 Å². The summed E-state index contributed by atoms with van der Waals surface area (Å²) in [6.45, 7) is 5.43. The molecule has 1 saturated heterocycles. The van der Waals surface area contributed by atoms with Crippen LogP contribution in [0.2, 0.25) is 0 Å². The van der Waals surface area contributed by atoms with E-state index in [-0.39, 0.29) is 0 Å². The number of rotatable bonds is 8. The number of nitrogens with one attached hydrogen (secondary N) is 1. The largest absolute Gasteiger partial charge is 0.467 e. The summed E-state index contributed by atoms with van der Waals surface area (Å²) in [7, 11) is 4.31. The average molecular weight is 297 g/mol. The van der Waals surface area contributed by atoms with E-state index in [1.54, 1.807) is 6.26 Å². The summed E-state index contributed by atoms with van der Waals surface area (Å²) in [6, 6.07) is 4.19. The minimum Gasteiger partial charge on any atom is -0.467 e. The smallest absolute Gasteiger partial charge is 0.129 e. The van der Waals surface area contributed by atoms with Crippen molar-refractivity contribution in [2.45, 2.75) is 18.8 Å². The molecule has 0 bridgehead atoms. The highest BCUT2D eigenvalue weighted by Crippen LogP contribution is 2.05. The van der Waals surface area contributed by atoms with Crippen molar-refractivity contribution in [3.63, 3.8) is 0 Å². The number of aliphatic hydroxyl groups is 1. The van der Waals surface area contributed by atoms with Crippen molar-refractivity contribution in [1.82, 2.24) is 15.1 Å². The molecule has 0 saturated carbocycles. The third kappa shape index (κ3) is 5.76. The van der Waals surface area contributed by atoms with Gasteiger partial charge in [0, 0.05) is 38.8 Å². The molecule has 1 aromatic rings. The van der Waals surface area contributed by atoms with Crippen molar-refractivity contribution in [3.05, 3.63) is 24.2 Å². The molecule has 2 unspecified atom stereocenters. The number of likely N-dealkylation sites (N-methyl/N-ethyl adjacent to an activating group) is 2. The number of hydrogen-bond acceptors (Lipinski definition) is 6. The Kier molecular flexibility index (Phi) is 6.66. The molecule has 120 valence electrons. The van der Waals surface area contributed by atoms with E-state index in [9.17, 15) is 5.11 Å². The van der Waals surface area contributed by atoms with E-state index in [2.05, 4.69) is 29.2 Å². The van der Waals surface area contributed by atoms with Gasteiger partial charge >= 0.3 is 0 Å². The molecule has 1 fully saturated rings. The molecule has 2 N–H and O–H groups in total. The van der Waals surface area contributed by atoms with Crippen molar-refractivity contribution in [2.24, 2.45) is 0 Å². The van der Waals surface area contributed by atoms with Gasteiger partial charge in [-0.3, -0.25) is 4.90 Å². The first-order valence-corrected chi connectivity index (χ1v) is 7.53. The Morgan fingerprint density at radius 3 is 3.10 bits per heavy atom. The quantitative estimate of drug-likeness (QED) is 0.704. The number of hydrogen-bond donors (Lipinski definition) is 2. The number of furan rings is 1. The zero-order chi connectivity index (χ0) is 15.1. The maximum atomic E-state index is 9.88. The van der Waals surface area contributed by atoms with Gasteiger partial charge in [-0.1, -0.05) is 0 Å². The highest BCUT2D eigenvalue weighted by Gasteiger charge is 2.21. The summed E-state index contributed by atoms with van der Waals surface area (Å²) < 4.78 is 10.6. The zero-order valence-corrected chi connectivity index (χ0v) is 13.0. The molecule has 6 nitrogen and oxygen atoms in total. The van der Waals surface area contributed by atoms with Crippen LogP contribution in [0.1, 0.15) is 5.76 Å². The maximum absolute atomic E-state index is 9.88. The fourth-order valence-corrected chi connectivity index (χ4v) is 2.49. The predicted octanol–water partition coefficient (Wildman–Crippen LogP) is -0.00750. The van der Waals surface area contributed by atoms with Crippen LogP contribution in [-0.2, 0) is 11.3 Å². The maximum Gasteiger partial charge on any atom is 0.129 e. The molecule has 0 aromatic carbocycles. The van der Waals surface area contributed by atoms with Crippen molar-refractivity contribution < 1.29 is 14.3 Å². The fraction of sp³-hybridized carbons (Fsp3) is 0.733. The normalized spacial score (nSPS) is 22.5. The molecule has 1 aliphatic heterocycles. The van der Waals surface area contributed by atoms with E-state index in [0.717, 1.165) is 31.9 Å². The van der Waals surface area contributed by atoms with Crippen molar-refractivity contribution >= 4 is 0 Å². The van der Waals surface area contributed by atoms with E-state index in [1.807, 2.05) is 12.1 Å². The van der Waals surface area contributed by atoms with Gasteiger partial charge in [0.25, 0.3) is 0 Å². The summed E-state index contributed by atoms with van der Waals surface area (Å²) >= 11 is 0. The van der Waals surface area contributed by atoms with Crippen LogP contribution in [0.3, 0.4) is 0 Å². The molecule has 2 rings (SSSR count). The molecule has 0 radical (unpaired) electrons. The lowest BCUT2D eigenvalue weighted by Gasteiger charge is -2.37. The lowest BCUT2D eigenvalue weighted by Crippen LogP contribution is -2.54. The van der Waals surface area contributed by atoms with Crippen LogP contribution in [0.5, 0.6) is 0 Å².